The predicted molar refractivity (Wildman–Crippen MR) is 45.9 cm³/mol. The van der Waals surface area contributed by atoms with Crippen molar-refractivity contribution in [1.29, 1.82) is 0 Å². The van der Waals surface area contributed by atoms with Gasteiger partial charge in [0.05, 0.1) is 5.56 Å². The molecular formula is C7H6ClN2OS+. The lowest BCUT2D eigenvalue weighted by atomic mass is 10.3. The topological polar surface area (TPSA) is 29.9 Å². The molecule has 0 saturated heterocycles. The second kappa shape index (κ2) is 3.25. The molecule has 0 aromatic carbocycles. The highest BCUT2D eigenvalue weighted by Crippen LogP contribution is 2.18. The Hall–Kier alpha value is -0.870. The molecule has 0 fully saturated rings. The van der Waals surface area contributed by atoms with Crippen LogP contribution in [0.15, 0.2) is 27.6 Å². The zero-order chi connectivity index (χ0) is 8.39. The van der Waals surface area contributed by atoms with E-state index in [0.717, 1.165) is 5.56 Å². The summed E-state index contributed by atoms with van der Waals surface area (Å²) >= 11 is 7.15. The molecule has 2 heterocycles. The molecule has 0 radical (unpaired) electrons. The van der Waals surface area contributed by atoms with Crippen molar-refractivity contribution in [3.63, 3.8) is 0 Å². The lowest BCUT2D eigenvalue weighted by Crippen LogP contribution is -2.31. The van der Waals surface area contributed by atoms with Crippen LogP contribution in [-0.2, 0) is 6.00 Å². The van der Waals surface area contributed by atoms with Gasteiger partial charge in [0.1, 0.15) is 0 Å². The summed E-state index contributed by atoms with van der Waals surface area (Å²) in [7, 11) is 0. The molecule has 0 bridgehead atoms. The van der Waals surface area contributed by atoms with Crippen molar-refractivity contribution < 1.29 is 9.10 Å². The summed E-state index contributed by atoms with van der Waals surface area (Å²) in [4.78, 5) is 0. The van der Waals surface area contributed by atoms with E-state index in [0.29, 0.717) is 11.9 Å². The van der Waals surface area contributed by atoms with Gasteiger partial charge in [-0.05, 0) is 27.7 Å². The van der Waals surface area contributed by atoms with E-state index in [-0.39, 0.29) is 0 Å². The van der Waals surface area contributed by atoms with Crippen molar-refractivity contribution in [2.45, 2.75) is 6.00 Å². The van der Waals surface area contributed by atoms with Gasteiger partial charge in [-0.25, -0.2) is 0 Å². The Bertz CT molecular complexity index is 357. The minimum Gasteiger partial charge on any atom is -0.383 e. The Kier molecular flexibility index (Phi) is 2.10. The first kappa shape index (κ1) is 7.76. The molecular weight excluding hydrogens is 196 g/mol. The Morgan fingerprint density at radius 3 is 3.17 bits per heavy atom. The SMILES string of the molecule is ClC[n+]1coc(-c2ccsc2)n1. The van der Waals surface area contributed by atoms with Crippen molar-refractivity contribution in [3.8, 4) is 11.5 Å². The van der Waals surface area contributed by atoms with Crippen LogP contribution in [0.5, 0.6) is 0 Å². The molecule has 0 atom stereocenters. The summed E-state index contributed by atoms with van der Waals surface area (Å²) in [6, 6.07) is 2.27. The Morgan fingerprint density at radius 1 is 1.67 bits per heavy atom. The van der Waals surface area contributed by atoms with E-state index in [1.54, 1.807) is 11.3 Å². The summed E-state index contributed by atoms with van der Waals surface area (Å²) in [5.74, 6) is 0.608. The first-order valence-corrected chi connectivity index (χ1v) is 4.81. The summed E-state index contributed by atoms with van der Waals surface area (Å²) in [6.45, 7) is 0. The molecule has 0 aliphatic heterocycles. The Labute approximate surface area is 78.2 Å². The zero-order valence-corrected chi connectivity index (χ0v) is 7.68. The highest BCUT2D eigenvalue weighted by atomic mass is 35.5. The van der Waals surface area contributed by atoms with Crippen LogP contribution in [0, 0.1) is 0 Å². The van der Waals surface area contributed by atoms with Gasteiger partial charge in [-0.2, -0.15) is 11.3 Å². The van der Waals surface area contributed by atoms with Gasteiger partial charge in [-0.3, -0.25) is 0 Å². The first-order valence-electron chi connectivity index (χ1n) is 3.34. The van der Waals surface area contributed by atoms with Crippen LogP contribution >= 0.6 is 22.9 Å². The van der Waals surface area contributed by atoms with Crippen molar-refractivity contribution in [3.05, 3.63) is 23.2 Å². The molecule has 0 aliphatic carbocycles. The van der Waals surface area contributed by atoms with Gasteiger partial charge in [0.25, 0.3) is 11.9 Å². The van der Waals surface area contributed by atoms with Gasteiger partial charge >= 0.3 is 6.39 Å². The van der Waals surface area contributed by atoms with Gasteiger partial charge < -0.3 is 4.42 Å². The number of hydrogen-bond acceptors (Lipinski definition) is 3. The molecule has 62 valence electrons. The third-order valence-electron chi connectivity index (χ3n) is 1.40. The number of hydrogen-bond donors (Lipinski definition) is 0. The van der Waals surface area contributed by atoms with Crippen molar-refractivity contribution in [2.75, 3.05) is 0 Å². The summed E-state index contributed by atoms with van der Waals surface area (Å²) in [6.07, 6.45) is 1.50. The molecule has 3 nitrogen and oxygen atoms in total. The van der Waals surface area contributed by atoms with Crippen LogP contribution in [0.4, 0.5) is 0 Å². The number of aromatic nitrogens is 2. The number of nitrogens with zero attached hydrogens (tertiary/aromatic N) is 2. The molecule has 0 amide bonds. The van der Waals surface area contributed by atoms with E-state index in [4.69, 9.17) is 16.0 Å². The highest BCUT2D eigenvalue weighted by molar-refractivity contribution is 7.08. The van der Waals surface area contributed by atoms with E-state index in [1.165, 1.54) is 11.1 Å². The molecule has 0 aliphatic rings. The molecule has 12 heavy (non-hydrogen) atoms. The van der Waals surface area contributed by atoms with Crippen LogP contribution < -0.4 is 4.68 Å². The number of alkyl halides is 1. The van der Waals surface area contributed by atoms with E-state index < -0.39 is 0 Å². The van der Waals surface area contributed by atoms with E-state index >= 15 is 0 Å². The minimum atomic E-state index is 0.313. The third kappa shape index (κ3) is 1.35. The maximum absolute atomic E-state index is 5.54. The van der Waals surface area contributed by atoms with E-state index in [2.05, 4.69) is 5.10 Å². The summed E-state index contributed by atoms with van der Waals surface area (Å²) in [5, 5.41) is 8.05. The molecule has 2 aromatic heterocycles. The van der Waals surface area contributed by atoms with Crippen molar-refractivity contribution in [1.82, 2.24) is 5.10 Å². The molecule has 0 unspecified atom stereocenters. The average molecular weight is 202 g/mol. The Morgan fingerprint density at radius 2 is 2.58 bits per heavy atom. The molecule has 0 N–H and O–H groups in total. The fourth-order valence-electron chi connectivity index (χ4n) is 0.841. The predicted octanol–water partition coefficient (Wildman–Crippen LogP) is 1.89. The maximum Gasteiger partial charge on any atom is 0.363 e. The number of halogens is 1. The fourth-order valence-corrected chi connectivity index (χ4v) is 1.58. The van der Waals surface area contributed by atoms with Gasteiger partial charge in [0.15, 0.2) is 0 Å². The second-order valence-electron chi connectivity index (χ2n) is 2.20. The van der Waals surface area contributed by atoms with Gasteiger partial charge in [-0.1, -0.05) is 0 Å². The molecule has 0 spiro atoms. The van der Waals surface area contributed by atoms with Crippen LogP contribution in [0.3, 0.4) is 0 Å². The van der Waals surface area contributed by atoms with Crippen LogP contribution in [-0.4, -0.2) is 5.10 Å². The van der Waals surface area contributed by atoms with E-state index in [9.17, 15) is 0 Å². The van der Waals surface area contributed by atoms with E-state index in [1.807, 2.05) is 16.8 Å². The van der Waals surface area contributed by atoms with Gasteiger partial charge in [0.2, 0.25) is 0 Å². The lowest BCUT2D eigenvalue weighted by Gasteiger charge is -1.78. The van der Waals surface area contributed by atoms with Gasteiger partial charge in [0, 0.05) is 10.5 Å². The van der Waals surface area contributed by atoms with Gasteiger partial charge in [-0.15, -0.1) is 0 Å². The molecule has 2 aromatic rings. The number of rotatable bonds is 2. The summed E-state index contributed by atoms with van der Waals surface area (Å²) in [5.41, 5.74) is 0.990. The van der Waals surface area contributed by atoms with Crippen LogP contribution in [0.25, 0.3) is 11.5 Å². The second-order valence-corrected chi connectivity index (χ2v) is 3.22. The molecule has 5 heteroatoms. The quantitative estimate of drug-likeness (QED) is 0.549. The smallest absolute Gasteiger partial charge is 0.363 e. The fraction of sp³-hybridized carbons (Fsp3) is 0.143. The largest absolute Gasteiger partial charge is 0.383 e. The Balaban J connectivity index is 2.35. The molecule has 2 rings (SSSR count). The third-order valence-corrected chi connectivity index (χ3v) is 2.32. The summed E-state index contributed by atoms with van der Waals surface area (Å²) < 4.78 is 6.71. The zero-order valence-electron chi connectivity index (χ0n) is 6.11. The first-order chi connectivity index (χ1) is 5.90. The van der Waals surface area contributed by atoms with Crippen molar-refractivity contribution >= 4 is 22.9 Å². The average Bonchev–Trinajstić information content (AvgIpc) is 2.75. The monoisotopic (exact) mass is 201 g/mol. The normalized spacial score (nSPS) is 10.4. The standard InChI is InChI=1S/C7H6ClN2OS/c8-4-10-5-11-7(9-10)6-1-2-12-3-6/h1-3,5H,4H2/q+1. The van der Waals surface area contributed by atoms with Crippen molar-refractivity contribution in [2.24, 2.45) is 0 Å². The van der Waals surface area contributed by atoms with Crippen LogP contribution in [0.2, 0.25) is 0 Å². The lowest BCUT2D eigenvalue weighted by molar-refractivity contribution is -0.737. The maximum atomic E-state index is 5.54. The minimum absolute atomic E-state index is 0.313. The number of thiophene rings is 1. The van der Waals surface area contributed by atoms with Crippen LogP contribution in [0.1, 0.15) is 0 Å². The molecule has 0 saturated carbocycles. The highest BCUT2D eigenvalue weighted by Gasteiger charge is 2.11.